The van der Waals surface area contributed by atoms with Gasteiger partial charge in [0.2, 0.25) is 0 Å². The first kappa shape index (κ1) is 22.2. The number of H-pyrrole nitrogens is 1. The molecule has 1 unspecified atom stereocenters. The maximum absolute atomic E-state index is 15.3. The van der Waals surface area contributed by atoms with Crippen LogP contribution in [-0.2, 0) is 25.0 Å². The Kier molecular flexibility index (Phi) is 5.63. The average molecular weight is 478 g/mol. The number of ether oxygens (including phenoxy) is 1. The van der Waals surface area contributed by atoms with Crippen molar-refractivity contribution in [3.63, 3.8) is 0 Å². The molecule has 0 aliphatic carbocycles. The fourth-order valence-corrected chi connectivity index (χ4v) is 4.65. The molecule has 31 heavy (non-hydrogen) atoms. The van der Waals surface area contributed by atoms with Gasteiger partial charge in [0.25, 0.3) is 5.85 Å². The van der Waals surface area contributed by atoms with Gasteiger partial charge in [-0.05, 0) is 12.5 Å². The van der Waals surface area contributed by atoms with Gasteiger partial charge in [0.15, 0.2) is 12.0 Å². The fraction of sp³-hybridized carbons (Fsp3) is 0.412. The molecule has 1 saturated heterocycles. The van der Waals surface area contributed by atoms with Crippen molar-refractivity contribution >= 4 is 20.0 Å². The number of phosphoric acid groups is 1. The lowest BCUT2D eigenvalue weighted by molar-refractivity contribution is -0.205. The van der Waals surface area contributed by atoms with Gasteiger partial charge < -0.3 is 19.5 Å². The van der Waals surface area contributed by atoms with Crippen molar-refractivity contribution < 1.29 is 41.9 Å². The number of nitrogens with zero attached hydrogens (tertiary/aromatic N) is 1. The second-order valence-electron chi connectivity index (χ2n) is 7.02. The largest absolute Gasteiger partial charge is 0.530 e. The molecule has 3 N–H and O–H groups in total. The minimum absolute atomic E-state index is 0.125. The fourth-order valence-electron chi connectivity index (χ4n) is 3.22. The number of benzene rings is 1. The number of aliphatic hydroxyl groups excluding tert-OH is 2. The molecule has 0 radical (unpaired) electrons. The van der Waals surface area contributed by atoms with Crippen LogP contribution in [0.4, 0.5) is 8.78 Å². The molecule has 4 rings (SSSR count). The van der Waals surface area contributed by atoms with Crippen molar-refractivity contribution in [1.29, 1.82) is 0 Å². The average Bonchev–Trinajstić information content (AvgIpc) is 2.95. The third kappa shape index (κ3) is 3.98. The summed E-state index contributed by atoms with van der Waals surface area (Å²) in [6.07, 6.45) is -5.45. The Morgan fingerprint density at radius 1 is 1.45 bits per heavy atom. The molecular weight excluding hydrogens is 461 g/mol. The molecule has 1 fully saturated rings. The van der Waals surface area contributed by atoms with E-state index >= 15 is 4.39 Å². The van der Waals surface area contributed by atoms with Crippen molar-refractivity contribution in [2.75, 3.05) is 6.61 Å². The van der Waals surface area contributed by atoms with E-state index in [2.05, 4.69) is 12.2 Å². The maximum Gasteiger partial charge on any atom is 0.530 e. The molecule has 2 aromatic rings. The topological polar surface area (TPSA) is 132 Å². The number of nitrogens with one attached hydrogen (secondary N) is 1. The van der Waals surface area contributed by atoms with Crippen LogP contribution >= 0.6 is 20.0 Å². The summed E-state index contributed by atoms with van der Waals surface area (Å²) in [5.41, 5.74) is 0.252. The van der Waals surface area contributed by atoms with Crippen LogP contribution in [0, 0.1) is 17.4 Å². The highest BCUT2D eigenvalue weighted by atomic mass is 32.1. The highest BCUT2D eigenvalue weighted by molar-refractivity contribution is 7.71. The summed E-state index contributed by atoms with van der Waals surface area (Å²) in [6.45, 7) is 0.401. The summed E-state index contributed by atoms with van der Waals surface area (Å²) in [5.74, 6) is -3.89. The third-order valence-electron chi connectivity index (χ3n) is 4.87. The Bertz CT molecular complexity index is 1190. The number of hydrogen-bond acceptors (Lipinski definition) is 9. The lowest BCUT2D eigenvalue weighted by Crippen LogP contribution is -2.43. The molecule has 10 nitrogen and oxygen atoms in total. The molecule has 1 aromatic heterocycles. The summed E-state index contributed by atoms with van der Waals surface area (Å²) in [4.78, 5) is 14.0. The molecule has 2 aliphatic rings. The molecule has 1 aromatic carbocycles. The number of rotatable bonds is 4. The Hall–Kier alpha value is -1.99. The van der Waals surface area contributed by atoms with Gasteiger partial charge in [-0.3, -0.25) is 18.6 Å². The zero-order chi connectivity index (χ0) is 22.6. The predicted molar refractivity (Wildman–Crippen MR) is 102 cm³/mol. The first-order valence-electron chi connectivity index (χ1n) is 8.94. The van der Waals surface area contributed by atoms with E-state index in [1.165, 1.54) is 0 Å². The van der Waals surface area contributed by atoms with Gasteiger partial charge in [0.05, 0.1) is 12.8 Å². The van der Waals surface area contributed by atoms with Gasteiger partial charge in [-0.2, -0.15) is 0 Å². The molecule has 0 spiro atoms. The molecule has 0 saturated carbocycles. The predicted octanol–water partition coefficient (Wildman–Crippen LogP) is 2.00. The number of aromatic amines is 1. The number of hydrogen-bond donors (Lipinski definition) is 3. The second-order valence-corrected chi connectivity index (χ2v) is 9.02. The highest BCUT2D eigenvalue weighted by Gasteiger charge is 2.57. The molecule has 168 valence electrons. The number of alkyl halides is 1. The number of fused-ring (bicyclic) bond motifs is 1. The van der Waals surface area contributed by atoms with Gasteiger partial charge in [-0.25, -0.2) is 18.1 Å². The van der Waals surface area contributed by atoms with Crippen LogP contribution in [0.5, 0.6) is 5.75 Å². The quantitative estimate of drug-likeness (QED) is 0.446. The molecule has 0 bridgehead atoms. The van der Waals surface area contributed by atoms with Crippen LogP contribution in [-0.4, -0.2) is 44.4 Å². The minimum Gasteiger partial charge on any atom is -0.403 e. The maximum atomic E-state index is 15.3. The van der Waals surface area contributed by atoms with Crippen LogP contribution in [0.1, 0.15) is 17.4 Å². The van der Waals surface area contributed by atoms with Crippen molar-refractivity contribution in [2.24, 2.45) is 0 Å². The SMILES string of the molecule is Cc1cccc2c1OP(=O)(OC[C@@]1(F)O[C@@H](n3cc(F)c(=S)[nH]c3=O)[C@H](O)[C@@H]1O)OC2. The Labute approximate surface area is 178 Å². The molecule has 0 amide bonds. The molecule has 3 heterocycles. The van der Waals surface area contributed by atoms with Crippen molar-refractivity contribution in [2.45, 2.75) is 37.8 Å². The molecule has 14 heteroatoms. The summed E-state index contributed by atoms with van der Waals surface area (Å²) >= 11 is 4.59. The lowest BCUT2D eigenvalue weighted by Gasteiger charge is -2.29. The van der Waals surface area contributed by atoms with Gasteiger partial charge >= 0.3 is 13.5 Å². The van der Waals surface area contributed by atoms with Crippen molar-refractivity contribution in [3.8, 4) is 5.75 Å². The minimum atomic E-state index is -4.29. The Balaban J connectivity index is 1.53. The van der Waals surface area contributed by atoms with Crippen molar-refractivity contribution in [1.82, 2.24) is 9.55 Å². The number of para-hydroxylation sites is 1. The highest BCUT2D eigenvalue weighted by Crippen LogP contribution is 2.56. The van der Waals surface area contributed by atoms with E-state index in [0.29, 0.717) is 21.9 Å². The first-order valence-corrected chi connectivity index (χ1v) is 10.8. The monoisotopic (exact) mass is 478 g/mol. The van der Waals surface area contributed by atoms with Gasteiger partial charge in [-0.15, -0.1) is 0 Å². The number of phosphoric ester groups is 1. The van der Waals surface area contributed by atoms with Gasteiger partial charge in [0, 0.05) is 5.56 Å². The third-order valence-corrected chi connectivity index (χ3v) is 6.46. The number of aliphatic hydroxyl groups is 2. The first-order chi connectivity index (χ1) is 14.5. The Morgan fingerprint density at radius 3 is 2.94 bits per heavy atom. The van der Waals surface area contributed by atoms with Crippen molar-refractivity contribution in [3.05, 3.63) is 56.5 Å². The lowest BCUT2D eigenvalue weighted by atomic mass is 10.1. The summed E-state index contributed by atoms with van der Waals surface area (Å²) in [5, 5.41) is 20.3. The number of aryl methyl sites for hydroxylation is 1. The van der Waals surface area contributed by atoms with Crippen LogP contribution in [0.3, 0.4) is 0 Å². The smallest absolute Gasteiger partial charge is 0.403 e. The van der Waals surface area contributed by atoms with E-state index in [1.54, 1.807) is 25.1 Å². The zero-order valence-corrected chi connectivity index (χ0v) is 17.6. The van der Waals surface area contributed by atoms with E-state index in [0.717, 1.165) is 0 Å². The van der Waals surface area contributed by atoms with Crippen LogP contribution < -0.4 is 10.2 Å². The number of halogens is 2. The number of aromatic nitrogens is 2. The standard InChI is InChI=1S/C17H17F2N2O8PS/c1-8-3-2-4-9-6-26-30(25,29-12(8)9)27-7-17(19)13(23)11(22)15(28-17)21-5-10(18)14(31)20-16(21)24/h2-5,11,13,15,22-23H,6-7H2,1H3,(H,20,24,31)/t11-,13+,15-,17-,30?/m1/s1. The summed E-state index contributed by atoms with van der Waals surface area (Å²) in [7, 11) is -4.29. The molecule has 2 aliphatic heterocycles. The molecule has 5 atom stereocenters. The van der Waals surface area contributed by atoms with Crippen LogP contribution in [0.15, 0.2) is 29.2 Å². The zero-order valence-electron chi connectivity index (χ0n) is 15.9. The Morgan fingerprint density at radius 2 is 2.19 bits per heavy atom. The second kappa shape index (κ2) is 7.85. The van der Waals surface area contributed by atoms with Crippen LogP contribution in [0.25, 0.3) is 0 Å². The van der Waals surface area contributed by atoms with Gasteiger partial charge in [-0.1, -0.05) is 30.4 Å². The molecular formula is C17H17F2N2O8PS. The van der Waals surface area contributed by atoms with E-state index < -0.39 is 54.9 Å². The van der Waals surface area contributed by atoms with Gasteiger partial charge in [0.1, 0.15) is 29.2 Å². The van der Waals surface area contributed by atoms with E-state index in [9.17, 15) is 24.0 Å². The summed E-state index contributed by atoms with van der Waals surface area (Å²) < 4.78 is 62.2. The summed E-state index contributed by atoms with van der Waals surface area (Å²) in [6, 6.07) is 5.15. The van der Waals surface area contributed by atoms with Crippen LogP contribution in [0.2, 0.25) is 0 Å². The normalized spacial score (nSPS) is 32.5. The van der Waals surface area contributed by atoms with E-state index in [4.69, 9.17) is 18.3 Å². The van der Waals surface area contributed by atoms with E-state index in [1.807, 2.05) is 4.98 Å². The van der Waals surface area contributed by atoms with E-state index in [-0.39, 0.29) is 12.4 Å².